The van der Waals surface area contributed by atoms with Gasteiger partial charge in [0, 0.05) is 6.54 Å². The highest BCUT2D eigenvalue weighted by molar-refractivity contribution is 7.22. The Morgan fingerprint density at radius 2 is 2.26 bits per heavy atom. The van der Waals surface area contributed by atoms with Crippen LogP contribution in [0.25, 0.3) is 10.2 Å². The first kappa shape index (κ1) is 13.8. The average molecular weight is 278 g/mol. The van der Waals surface area contributed by atoms with Gasteiger partial charge in [-0.3, -0.25) is 4.79 Å². The summed E-state index contributed by atoms with van der Waals surface area (Å²) in [5, 5.41) is 4.22. The van der Waals surface area contributed by atoms with Gasteiger partial charge in [0.2, 0.25) is 0 Å². The minimum atomic E-state index is -0.185. The van der Waals surface area contributed by atoms with Gasteiger partial charge in [0.15, 0.2) is 5.13 Å². The van der Waals surface area contributed by atoms with Crippen molar-refractivity contribution in [1.29, 1.82) is 0 Å². The summed E-state index contributed by atoms with van der Waals surface area (Å²) in [6, 6.07) is 5.90. The number of aromatic nitrogens is 1. The topological polar surface area (TPSA) is 51.2 Å². The van der Waals surface area contributed by atoms with Crippen molar-refractivity contribution in [2.75, 3.05) is 18.5 Å². The summed E-state index contributed by atoms with van der Waals surface area (Å²) in [5.41, 5.74) is 1.94. The van der Waals surface area contributed by atoms with Crippen molar-refractivity contribution in [2.24, 2.45) is 0 Å². The number of benzene rings is 1. The molecule has 0 fully saturated rings. The fourth-order valence-corrected chi connectivity index (χ4v) is 2.72. The van der Waals surface area contributed by atoms with Crippen LogP contribution in [0.1, 0.15) is 25.8 Å². The Morgan fingerprint density at radius 1 is 1.42 bits per heavy atom. The zero-order chi connectivity index (χ0) is 13.7. The van der Waals surface area contributed by atoms with Crippen molar-refractivity contribution in [3.63, 3.8) is 0 Å². The van der Waals surface area contributed by atoms with Gasteiger partial charge in [-0.15, -0.1) is 0 Å². The number of carbonyl (C=O) groups excluding carboxylic acids is 1. The van der Waals surface area contributed by atoms with Gasteiger partial charge in [-0.25, -0.2) is 4.98 Å². The van der Waals surface area contributed by atoms with Gasteiger partial charge < -0.3 is 10.1 Å². The number of nitrogens with one attached hydrogen (secondary N) is 1. The predicted molar refractivity (Wildman–Crippen MR) is 78.7 cm³/mol. The summed E-state index contributed by atoms with van der Waals surface area (Å²) in [5.74, 6) is -0.185. The predicted octanol–water partition coefficient (Wildman–Crippen LogP) is 3.22. The first-order valence-corrected chi connectivity index (χ1v) is 7.33. The highest BCUT2D eigenvalue weighted by Crippen LogP contribution is 2.27. The van der Waals surface area contributed by atoms with Crippen LogP contribution >= 0.6 is 11.3 Å². The lowest BCUT2D eigenvalue weighted by molar-refractivity contribution is -0.142. The summed E-state index contributed by atoms with van der Waals surface area (Å²) in [7, 11) is 0. The number of thiazole rings is 1. The molecule has 0 bridgehead atoms. The highest BCUT2D eigenvalue weighted by atomic mass is 32.1. The van der Waals surface area contributed by atoms with E-state index in [-0.39, 0.29) is 5.97 Å². The molecule has 1 heterocycles. The summed E-state index contributed by atoms with van der Waals surface area (Å²) in [4.78, 5) is 15.9. The van der Waals surface area contributed by atoms with Crippen LogP contribution in [-0.2, 0) is 16.0 Å². The molecule has 0 unspecified atom stereocenters. The second kappa shape index (κ2) is 6.52. The van der Waals surface area contributed by atoms with Crippen molar-refractivity contribution in [1.82, 2.24) is 4.98 Å². The van der Waals surface area contributed by atoms with E-state index in [1.165, 1.54) is 0 Å². The molecule has 1 aromatic carbocycles. The number of fused-ring (bicyclic) bond motifs is 1. The number of anilines is 1. The third kappa shape index (κ3) is 3.67. The average Bonchev–Trinajstić information content (AvgIpc) is 2.78. The van der Waals surface area contributed by atoms with Crippen LogP contribution in [0.3, 0.4) is 0 Å². The number of nitrogens with zero attached hydrogens (tertiary/aromatic N) is 1. The Bertz CT molecular complexity index is 566. The van der Waals surface area contributed by atoms with Crippen molar-refractivity contribution < 1.29 is 9.53 Å². The molecule has 0 aliphatic rings. The second-order valence-electron chi connectivity index (χ2n) is 4.23. The molecule has 0 atom stereocenters. The molecule has 19 heavy (non-hydrogen) atoms. The maximum atomic E-state index is 11.4. The fourth-order valence-electron chi connectivity index (χ4n) is 1.77. The molecule has 1 N–H and O–H groups in total. The van der Waals surface area contributed by atoms with Gasteiger partial charge in [0.25, 0.3) is 0 Å². The normalized spacial score (nSPS) is 10.6. The van der Waals surface area contributed by atoms with Crippen LogP contribution < -0.4 is 5.32 Å². The van der Waals surface area contributed by atoms with Crippen molar-refractivity contribution in [3.8, 4) is 0 Å². The second-order valence-corrected chi connectivity index (χ2v) is 5.26. The van der Waals surface area contributed by atoms with E-state index in [9.17, 15) is 4.79 Å². The van der Waals surface area contributed by atoms with E-state index >= 15 is 0 Å². The van der Waals surface area contributed by atoms with E-state index in [1.807, 2.05) is 25.1 Å². The van der Waals surface area contributed by atoms with Crippen LogP contribution in [-0.4, -0.2) is 24.1 Å². The highest BCUT2D eigenvalue weighted by Gasteiger charge is 2.07. The lowest BCUT2D eigenvalue weighted by atomic mass is 10.1. The molecule has 5 heteroatoms. The van der Waals surface area contributed by atoms with E-state index in [2.05, 4.69) is 17.2 Å². The van der Waals surface area contributed by atoms with E-state index in [0.717, 1.165) is 33.9 Å². The number of ether oxygens (including phenoxy) is 1. The van der Waals surface area contributed by atoms with Crippen LogP contribution in [0.2, 0.25) is 0 Å². The number of rotatable bonds is 6. The Hall–Kier alpha value is -1.62. The van der Waals surface area contributed by atoms with Crippen molar-refractivity contribution in [2.45, 2.75) is 26.7 Å². The maximum Gasteiger partial charge on any atom is 0.310 e. The molecule has 102 valence electrons. The zero-order valence-electron chi connectivity index (χ0n) is 11.2. The van der Waals surface area contributed by atoms with E-state index in [4.69, 9.17) is 4.74 Å². The molecule has 0 radical (unpaired) electrons. The summed E-state index contributed by atoms with van der Waals surface area (Å²) >= 11 is 1.62. The molecular formula is C14H18N2O2S. The molecule has 2 rings (SSSR count). The van der Waals surface area contributed by atoms with Crippen LogP contribution in [0.4, 0.5) is 5.13 Å². The largest absolute Gasteiger partial charge is 0.466 e. The zero-order valence-corrected chi connectivity index (χ0v) is 12.0. The van der Waals surface area contributed by atoms with E-state index < -0.39 is 0 Å². The van der Waals surface area contributed by atoms with Crippen LogP contribution in [0.5, 0.6) is 0 Å². The van der Waals surface area contributed by atoms with Gasteiger partial charge in [0.1, 0.15) is 0 Å². The molecule has 0 aliphatic carbocycles. The molecule has 0 saturated heterocycles. The minimum absolute atomic E-state index is 0.185. The standard InChI is InChI=1S/C14H18N2O2S/c1-3-7-15-14-16-11-6-5-10(8-12(11)19-14)9-13(17)18-4-2/h5-6,8H,3-4,7,9H2,1-2H3,(H,15,16). The van der Waals surface area contributed by atoms with Gasteiger partial charge in [-0.2, -0.15) is 0 Å². The van der Waals surface area contributed by atoms with E-state index in [0.29, 0.717) is 13.0 Å². The Morgan fingerprint density at radius 3 is 3.00 bits per heavy atom. The van der Waals surface area contributed by atoms with Crippen molar-refractivity contribution in [3.05, 3.63) is 23.8 Å². The lowest BCUT2D eigenvalue weighted by Crippen LogP contribution is -2.07. The van der Waals surface area contributed by atoms with Gasteiger partial charge >= 0.3 is 5.97 Å². The third-order valence-corrected chi connectivity index (χ3v) is 3.61. The van der Waals surface area contributed by atoms with Gasteiger partial charge in [0.05, 0.1) is 23.2 Å². The summed E-state index contributed by atoms with van der Waals surface area (Å²) < 4.78 is 6.05. The number of hydrogen-bond acceptors (Lipinski definition) is 5. The SMILES string of the molecule is CCCNc1nc2ccc(CC(=O)OCC)cc2s1. The molecule has 0 amide bonds. The number of carbonyl (C=O) groups is 1. The first-order valence-electron chi connectivity index (χ1n) is 6.52. The molecule has 4 nitrogen and oxygen atoms in total. The quantitative estimate of drug-likeness (QED) is 0.824. The molecule has 0 saturated carbocycles. The lowest BCUT2D eigenvalue weighted by Gasteiger charge is -2.01. The van der Waals surface area contributed by atoms with Gasteiger partial charge in [-0.1, -0.05) is 24.3 Å². The van der Waals surface area contributed by atoms with Crippen LogP contribution in [0.15, 0.2) is 18.2 Å². The molecular weight excluding hydrogens is 260 g/mol. The number of esters is 1. The molecule has 1 aromatic heterocycles. The fraction of sp³-hybridized carbons (Fsp3) is 0.429. The smallest absolute Gasteiger partial charge is 0.310 e. The molecule has 2 aromatic rings. The summed E-state index contributed by atoms with van der Waals surface area (Å²) in [6.07, 6.45) is 1.39. The first-order chi connectivity index (χ1) is 9.22. The minimum Gasteiger partial charge on any atom is -0.466 e. The van der Waals surface area contributed by atoms with Crippen molar-refractivity contribution >= 4 is 32.7 Å². The Kier molecular flexibility index (Phi) is 4.74. The Balaban J connectivity index is 2.13. The summed E-state index contributed by atoms with van der Waals surface area (Å²) in [6.45, 7) is 5.29. The maximum absolute atomic E-state index is 11.4. The molecule has 0 aliphatic heterocycles. The number of hydrogen-bond donors (Lipinski definition) is 1. The monoisotopic (exact) mass is 278 g/mol. The van der Waals surface area contributed by atoms with Crippen LogP contribution in [0, 0.1) is 0 Å². The third-order valence-electron chi connectivity index (χ3n) is 2.63. The van der Waals surface area contributed by atoms with Gasteiger partial charge in [-0.05, 0) is 31.0 Å². The molecule has 0 spiro atoms. The van der Waals surface area contributed by atoms with E-state index in [1.54, 1.807) is 11.3 Å². The Labute approximate surface area is 116 Å².